The van der Waals surface area contributed by atoms with Gasteiger partial charge < -0.3 is 4.74 Å². The summed E-state index contributed by atoms with van der Waals surface area (Å²) in [6, 6.07) is 0. The summed E-state index contributed by atoms with van der Waals surface area (Å²) < 4.78 is 5.94. The zero-order valence-corrected chi connectivity index (χ0v) is 9.50. The van der Waals surface area contributed by atoms with Crippen molar-refractivity contribution in [2.45, 2.75) is 64.4 Å². The van der Waals surface area contributed by atoms with Crippen LogP contribution in [0.1, 0.15) is 58.3 Å². The molecular weight excluding hydrogens is 172 g/mol. The van der Waals surface area contributed by atoms with E-state index in [2.05, 4.69) is 6.92 Å². The topological polar surface area (TPSA) is 9.23 Å². The number of hydrogen-bond donors (Lipinski definition) is 0. The molecule has 0 N–H and O–H groups in total. The zero-order chi connectivity index (χ0) is 9.80. The van der Waals surface area contributed by atoms with Crippen molar-refractivity contribution in [3.05, 3.63) is 0 Å². The molecule has 2 rings (SSSR count). The zero-order valence-electron chi connectivity index (χ0n) is 9.50. The van der Waals surface area contributed by atoms with Gasteiger partial charge in [0.25, 0.3) is 0 Å². The van der Waals surface area contributed by atoms with Crippen molar-refractivity contribution in [2.24, 2.45) is 11.8 Å². The largest absolute Gasteiger partial charge is 0.378 e. The second-order valence-electron chi connectivity index (χ2n) is 5.12. The highest BCUT2D eigenvalue weighted by Gasteiger charge is 2.37. The van der Waals surface area contributed by atoms with Crippen molar-refractivity contribution >= 4 is 0 Å². The van der Waals surface area contributed by atoms with Gasteiger partial charge in [-0.25, -0.2) is 0 Å². The van der Waals surface area contributed by atoms with Crippen molar-refractivity contribution < 1.29 is 4.74 Å². The molecule has 0 bridgehead atoms. The van der Waals surface area contributed by atoms with E-state index in [0.717, 1.165) is 18.4 Å². The molecule has 0 aromatic heterocycles. The van der Waals surface area contributed by atoms with Crippen LogP contribution in [0.4, 0.5) is 0 Å². The van der Waals surface area contributed by atoms with Gasteiger partial charge in [-0.3, -0.25) is 0 Å². The molecule has 2 aliphatic carbocycles. The highest BCUT2D eigenvalue weighted by Crippen LogP contribution is 2.44. The van der Waals surface area contributed by atoms with Crippen LogP contribution in [0.25, 0.3) is 0 Å². The number of unbranched alkanes of at least 4 members (excludes halogenated alkanes) is 2. The van der Waals surface area contributed by atoms with Crippen molar-refractivity contribution in [2.75, 3.05) is 6.61 Å². The molecular formula is C13H24O. The highest BCUT2D eigenvalue weighted by molar-refractivity contribution is 4.88. The van der Waals surface area contributed by atoms with Crippen molar-refractivity contribution in [3.8, 4) is 0 Å². The molecule has 0 aliphatic heterocycles. The molecule has 2 atom stereocenters. The third-order valence-corrected chi connectivity index (χ3v) is 4.05. The molecule has 2 saturated carbocycles. The normalized spacial score (nSPS) is 36.2. The van der Waals surface area contributed by atoms with E-state index in [1.54, 1.807) is 0 Å². The summed E-state index contributed by atoms with van der Waals surface area (Å²) in [7, 11) is 0. The Labute approximate surface area is 88.2 Å². The van der Waals surface area contributed by atoms with Gasteiger partial charge in [0.15, 0.2) is 0 Å². The second-order valence-corrected chi connectivity index (χ2v) is 5.12. The van der Waals surface area contributed by atoms with E-state index in [0.29, 0.717) is 6.10 Å². The molecule has 1 heteroatoms. The lowest BCUT2D eigenvalue weighted by atomic mass is 10.0. The van der Waals surface area contributed by atoms with Gasteiger partial charge in [-0.05, 0) is 31.1 Å². The fourth-order valence-electron chi connectivity index (χ4n) is 3.24. The Morgan fingerprint density at radius 3 is 2.43 bits per heavy atom. The average Bonchev–Trinajstić information content (AvgIpc) is 2.72. The van der Waals surface area contributed by atoms with E-state index in [4.69, 9.17) is 4.74 Å². The maximum absolute atomic E-state index is 5.94. The maximum Gasteiger partial charge on any atom is 0.0580 e. The Morgan fingerprint density at radius 2 is 1.79 bits per heavy atom. The van der Waals surface area contributed by atoms with E-state index in [1.165, 1.54) is 51.4 Å². The number of ether oxygens (including phenoxy) is 1. The van der Waals surface area contributed by atoms with Gasteiger partial charge in [-0.2, -0.15) is 0 Å². The van der Waals surface area contributed by atoms with Crippen LogP contribution >= 0.6 is 0 Å². The van der Waals surface area contributed by atoms with E-state index in [-0.39, 0.29) is 0 Å². The highest BCUT2D eigenvalue weighted by atomic mass is 16.5. The molecule has 14 heavy (non-hydrogen) atoms. The Morgan fingerprint density at radius 1 is 1.07 bits per heavy atom. The first kappa shape index (κ1) is 10.5. The third kappa shape index (κ3) is 2.50. The molecule has 0 amide bonds. The Balaban J connectivity index is 1.60. The lowest BCUT2D eigenvalue weighted by molar-refractivity contribution is 0.0500. The summed E-state index contributed by atoms with van der Waals surface area (Å²) in [5.74, 6) is 2.07. The van der Waals surface area contributed by atoms with Gasteiger partial charge in [0.1, 0.15) is 0 Å². The second kappa shape index (κ2) is 5.16. The van der Waals surface area contributed by atoms with Gasteiger partial charge in [0.2, 0.25) is 0 Å². The summed E-state index contributed by atoms with van der Waals surface area (Å²) in [5, 5.41) is 0. The van der Waals surface area contributed by atoms with Crippen LogP contribution in [0.3, 0.4) is 0 Å². The Bertz CT molecular complexity index is 155. The van der Waals surface area contributed by atoms with Crippen LogP contribution in [0, 0.1) is 11.8 Å². The van der Waals surface area contributed by atoms with Crippen molar-refractivity contribution in [1.82, 2.24) is 0 Å². The van der Waals surface area contributed by atoms with E-state index < -0.39 is 0 Å². The van der Waals surface area contributed by atoms with Crippen LogP contribution in [0.5, 0.6) is 0 Å². The molecule has 0 aromatic carbocycles. The minimum atomic E-state index is 0.627. The molecule has 0 spiro atoms. The summed E-state index contributed by atoms with van der Waals surface area (Å²) in [5.41, 5.74) is 0. The minimum Gasteiger partial charge on any atom is -0.378 e. The lowest BCUT2D eigenvalue weighted by Crippen LogP contribution is -2.10. The van der Waals surface area contributed by atoms with Crippen LogP contribution in [-0.2, 0) is 4.74 Å². The lowest BCUT2D eigenvalue weighted by Gasteiger charge is -2.12. The van der Waals surface area contributed by atoms with Crippen molar-refractivity contribution in [1.29, 1.82) is 0 Å². The first-order valence-corrected chi connectivity index (χ1v) is 6.51. The molecule has 0 aromatic rings. The Hall–Kier alpha value is -0.0400. The van der Waals surface area contributed by atoms with E-state index in [9.17, 15) is 0 Å². The maximum atomic E-state index is 5.94. The SMILES string of the molecule is CCCCCOC1CC2CCCC2C1. The molecule has 2 fully saturated rings. The van der Waals surface area contributed by atoms with Gasteiger partial charge in [-0.15, -0.1) is 0 Å². The molecule has 2 unspecified atom stereocenters. The van der Waals surface area contributed by atoms with Crippen LogP contribution < -0.4 is 0 Å². The van der Waals surface area contributed by atoms with Crippen LogP contribution in [-0.4, -0.2) is 12.7 Å². The van der Waals surface area contributed by atoms with E-state index in [1.807, 2.05) is 0 Å². The minimum absolute atomic E-state index is 0.627. The standard InChI is InChI=1S/C13H24O/c1-2-3-4-8-14-13-9-11-6-5-7-12(11)10-13/h11-13H,2-10H2,1H3. The fraction of sp³-hybridized carbons (Fsp3) is 1.00. The predicted octanol–water partition coefficient (Wildman–Crippen LogP) is 3.77. The number of fused-ring (bicyclic) bond motifs is 1. The summed E-state index contributed by atoms with van der Waals surface area (Å²) in [4.78, 5) is 0. The van der Waals surface area contributed by atoms with Gasteiger partial charge >= 0.3 is 0 Å². The van der Waals surface area contributed by atoms with Crippen LogP contribution in [0.2, 0.25) is 0 Å². The number of hydrogen-bond acceptors (Lipinski definition) is 1. The average molecular weight is 196 g/mol. The first-order chi connectivity index (χ1) is 6.90. The first-order valence-electron chi connectivity index (χ1n) is 6.51. The molecule has 0 radical (unpaired) electrons. The van der Waals surface area contributed by atoms with Crippen LogP contribution in [0.15, 0.2) is 0 Å². The van der Waals surface area contributed by atoms with Gasteiger partial charge in [0.05, 0.1) is 6.10 Å². The summed E-state index contributed by atoms with van der Waals surface area (Å²) in [6.45, 7) is 3.26. The third-order valence-electron chi connectivity index (χ3n) is 4.05. The molecule has 2 aliphatic rings. The molecule has 0 heterocycles. The van der Waals surface area contributed by atoms with Crippen molar-refractivity contribution in [3.63, 3.8) is 0 Å². The fourth-order valence-corrected chi connectivity index (χ4v) is 3.24. The monoisotopic (exact) mass is 196 g/mol. The van der Waals surface area contributed by atoms with Gasteiger partial charge in [0, 0.05) is 6.61 Å². The Kier molecular flexibility index (Phi) is 3.86. The van der Waals surface area contributed by atoms with E-state index >= 15 is 0 Å². The summed E-state index contributed by atoms with van der Waals surface area (Å²) >= 11 is 0. The molecule has 82 valence electrons. The number of rotatable bonds is 5. The summed E-state index contributed by atoms with van der Waals surface area (Å²) in [6.07, 6.45) is 11.7. The smallest absolute Gasteiger partial charge is 0.0580 e. The predicted molar refractivity (Wildman–Crippen MR) is 59.3 cm³/mol. The molecule has 0 saturated heterocycles. The quantitative estimate of drug-likeness (QED) is 0.608. The van der Waals surface area contributed by atoms with Gasteiger partial charge in [-0.1, -0.05) is 39.0 Å². The molecule has 1 nitrogen and oxygen atoms in total.